The Hall–Kier alpha value is -1.54. The lowest BCUT2D eigenvalue weighted by Crippen LogP contribution is -2.33. The van der Waals surface area contributed by atoms with Crippen LogP contribution in [0, 0.1) is 11.3 Å². The number of benzene rings is 1. The lowest BCUT2D eigenvalue weighted by molar-refractivity contribution is 0.138. The molecule has 2 aliphatic carbocycles. The summed E-state index contributed by atoms with van der Waals surface area (Å²) in [6, 6.07) is 10.7. The SMILES string of the molecule is CC1(C2CC2)C=CC2=C(CCOCCN2c2ccccc2)C1. The molecule has 0 saturated heterocycles. The lowest BCUT2D eigenvalue weighted by atomic mass is 9.74. The van der Waals surface area contributed by atoms with Gasteiger partial charge in [0.1, 0.15) is 0 Å². The first-order valence-corrected chi connectivity index (χ1v) is 8.58. The van der Waals surface area contributed by atoms with E-state index in [9.17, 15) is 0 Å². The summed E-state index contributed by atoms with van der Waals surface area (Å²) in [4.78, 5) is 2.44. The monoisotopic (exact) mass is 295 g/mol. The van der Waals surface area contributed by atoms with E-state index in [-0.39, 0.29) is 0 Å². The fraction of sp³-hybridized carbons (Fsp3) is 0.500. The summed E-state index contributed by atoms with van der Waals surface area (Å²) in [6.07, 6.45) is 9.98. The molecule has 0 spiro atoms. The zero-order chi connectivity index (χ0) is 15.0. The number of nitrogens with zero attached hydrogens (tertiary/aromatic N) is 1. The maximum Gasteiger partial charge on any atom is 0.0646 e. The number of rotatable bonds is 2. The molecular weight excluding hydrogens is 270 g/mol. The van der Waals surface area contributed by atoms with Gasteiger partial charge in [-0.2, -0.15) is 0 Å². The normalized spacial score (nSPS) is 29.0. The quantitative estimate of drug-likeness (QED) is 0.794. The van der Waals surface area contributed by atoms with Crippen molar-refractivity contribution in [2.75, 3.05) is 24.7 Å². The van der Waals surface area contributed by atoms with Gasteiger partial charge in [0, 0.05) is 17.9 Å². The average Bonchev–Trinajstić information content (AvgIpc) is 3.35. The Morgan fingerprint density at radius 1 is 1.14 bits per heavy atom. The van der Waals surface area contributed by atoms with Gasteiger partial charge in [-0.05, 0) is 60.8 Å². The Kier molecular flexibility index (Phi) is 3.57. The van der Waals surface area contributed by atoms with Crippen LogP contribution < -0.4 is 4.90 Å². The first-order chi connectivity index (χ1) is 10.8. The molecule has 1 unspecified atom stereocenters. The summed E-state index contributed by atoms with van der Waals surface area (Å²) >= 11 is 0. The van der Waals surface area contributed by atoms with E-state index in [4.69, 9.17) is 4.74 Å². The van der Waals surface area contributed by atoms with Crippen molar-refractivity contribution in [2.45, 2.75) is 32.6 Å². The lowest BCUT2D eigenvalue weighted by Gasteiger charge is -2.38. The second kappa shape index (κ2) is 5.58. The molecule has 0 N–H and O–H groups in total. The van der Waals surface area contributed by atoms with Crippen LogP contribution >= 0.6 is 0 Å². The van der Waals surface area contributed by atoms with Gasteiger partial charge >= 0.3 is 0 Å². The first kappa shape index (κ1) is 14.1. The summed E-state index contributed by atoms with van der Waals surface area (Å²) in [5, 5.41) is 0. The van der Waals surface area contributed by atoms with Crippen molar-refractivity contribution in [3.05, 3.63) is 53.8 Å². The van der Waals surface area contributed by atoms with E-state index in [2.05, 4.69) is 54.3 Å². The summed E-state index contributed by atoms with van der Waals surface area (Å²) in [7, 11) is 0. The number of ether oxygens (including phenoxy) is 1. The third kappa shape index (κ3) is 2.61. The molecule has 1 heterocycles. The van der Waals surface area contributed by atoms with E-state index in [0.717, 1.165) is 32.1 Å². The Bertz CT molecular complexity index is 599. The van der Waals surface area contributed by atoms with E-state index in [0.29, 0.717) is 5.41 Å². The molecule has 2 heteroatoms. The molecule has 1 aliphatic heterocycles. The summed E-state index contributed by atoms with van der Waals surface area (Å²) in [5.74, 6) is 0.898. The fourth-order valence-corrected chi connectivity index (χ4v) is 3.97. The molecule has 1 atom stereocenters. The van der Waals surface area contributed by atoms with E-state index >= 15 is 0 Å². The van der Waals surface area contributed by atoms with Gasteiger partial charge < -0.3 is 9.64 Å². The molecule has 1 fully saturated rings. The minimum absolute atomic E-state index is 0.375. The molecule has 0 bridgehead atoms. The minimum Gasteiger partial charge on any atom is -0.379 e. The van der Waals surface area contributed by atoms with Crippen LogP contribution in [0.4, 0.5) is 5.69 Å². The number of allylic oxidation sites excluding steroid dienone is 2. The maximum atomic E-state index is 5.82. The van der Waals surface area contributed by atoms with Gasteiger partial charge in [-0.1, -0.05) is 31.2 Å². The topological polar surface area (TPSA) is 12.5 Å². The van der Waals surface area contributed by atoms with E-state index < -0.39 is 0 Å². The van der Waals surface area contributed by atoms with Crippen LogP contribution in [0.25, 0.3) is 0 Å². The van der Waals surface area contributed by atoms with Crippen molar-refractivity contribution in [3.63, 3.8) is 0 Å². The van der Waals surface area contributed by atoms with Crippen LogP contribution in [0.2, 0.25) is 0 Å². The molecular formula is C20H25NO. The van der Waals surface area contributed by atoms with Gasteiger partial charge in [0.25, 0.3) is 0 Å². The first-order valence-electron chi connectivity index (χ1n) is 8.58. The van der Waals surface area contributed by atoms with Crippen LogP contribution in [0.3, 0.4) is 0 Å². The van der Waals surface area contributed by atoms with Crippen molar-refractivity contribution < 1.29 is 4.74 Å². The molecule has 3 aliphatic rings. The summed E-state index contributed by atoms with van der Waals surface area (Å²) in [5.41, 5.74) is 4.66. The van der Waals surface area contributed by atoms with Gasteiger partial charge in [0.15, 0.2) is 0 Å². The number of anilines is 1. The third-order valence-corrected chi connectivity index (χ3v) is 5.45. The standard InChI is InChI=1S/C20H25NO/c1-20(17-7-8-17)11-9-19-16(15-20)10-13-22-14-12-21(19)18-5-3-2-4-6-18/h2-6,9,11,17H,7-8,10,12-15H2,1H3. The Morgan fingerprint density at radius 3 is 2.73 bits per heavy atom. The van der Waals surface area contributed by atoms with Crippen LogP contribution in [0.1, 0.15) is 32.6 Å². The van der Waals surface area contributed by atoms with Crippen molar-refractivity contribution in [1.29, 1.82) is 0 Å². The van der Waals surface area contributed by atoms with Crippen LogP contribution in [0.5, 0.6) is 0 Å². The van der Waals surface area contributed by atoms with Crippen LogP contribution in [-0.4, -0.2) is 19.8 Å². The van der Waals surface area contributed by atoms with Crippen molar-refractivity contribution in [1.82, 2.24) is 0 Å². The smallest absolute Gasteiger partial charge is 0.0646 e. The van der Waals surface area contributed by atoms with Gasteiger partial charge in [-0.3, -0.25) is 0 Å². The van der Waals surface area contributed by atoms with E-state index in [1.807, 2.05) is 0 Å². The average molecular weight is 295 g/mol. The molecule has 4 rings (SSSR count). The van der Waals surface area contributed by atoms with E-state index in [1.165, 1.54) is 30.6 Å². The predicted molar refractivity (Wildman–Crippen MR) is 90.8 cm³/mol. The highest BCUT2D eigenvalue weighted by Crippen LogP contribution is 2.52. The zero-order valence-electron chi connectivity index (χ0n) is 13.4. The molecule has 116 valence electrons. The number of para-hydroxylation sites is 1. The van der Waals surface area contributed by atoms with Crippen molar-refractivity contribution in [2.24, 2.45) is 11.3 Å². The molecule has 1 aromatic carbocycles. The zero-order valence-corrected chi connectivity index (χ0v) is 13.4. The molecule has 1 aromatic rings. The Balaban J connectivity index is 1.69. The highest BCUT2D eigenvalue weighted by molar-refractivity contribution is 5.57. The minimum atomic E-state index is 0.375. The van der Waals surface area contributed by atoms with Crippen molar-refractivity contribution >= 4 is 5.69 Å². The van der Waals surface area contributed by atoms with Crippen molar-refractivity contribution in [3.8, 4) is 0 Å². The van der Waals surface area contributed by atoms with Crippen LogP contribution in [-0.2, 0) is 4.74 Å². The largest absolute Gasteiger partial charge is 0.379 e. The summed E-state index contributed by atoms with van der Waals surface area (Å²) in [6.45, 7) is 5.06. The third-order valence-electron chi connectivity index (χ3n) is 5.45. The Morgan fingerprint density at radius 2 is 1.95 bits per heavy atom. The van der Waals surface area contributed by atoms with Gasteiger partial charge in [-0.25, -0.2) is 0 Å². The molecule has 0 radical (unpaired) electrons. The predicted octanol–water partition coefficient (Wildman–Crippen LogP) is 4.54. The molecule has 0 aromatic heterocycles. The maximum absolute atomic E-state index is 5.82. The van der Waals surface area contributed by atoms with Gasteiger partial charge in [0.05, 0.1) is 13.2 Å². The summed E-state index contributed by atoms with van der Waals surface area (Å²) < 4.78 is 5.82. The molecule has 22 heavy (non-hydrogen) atoms. The Labute approximate surface area is 133 Å². The number of hydrogen-bond donors (Lipinski definition) is 0. The fourth-order valence-electron chi connectivity index (χ4n) is 3.97. The second-order valence-corrected chi connectivity index (χ2v) is 7.13. The number of hydrogen-bond acceptors (Lipinski definition) is 2. The van der Waals surface area contributed by atoms with Crippen LogP contribution in [0.15, 0.2) is 53.8 Å². The second-order valence-electron chi connectivity index (χ2n) is 7.13. The highest BCUT2D eigenvalue weighted by atomic mass is 16.5. The van der Waals surface area contributed by atoms with Gasteiger partial charge in [0.2, 0.25) is 0 Å². The molecule has 1 saturated carbocycles. The van der Waals surface area contributed by atoms with E-state index in [1.54, 1.807) is 5.57 Å². The van der Waals surface area contributed by atoms with Gasteiger partial charge in [-0.15, -0.1) is 0 Å². The molecule has 2 nitrogen and oxygen atoms in total. The highest BCUT2D eigenvalue weighted by Gasteiger charge is 2.42. The molecule has 0 amide bonds.